The molecule has 0 fully saturated rings. The Labute approximate surface area is 194 Å². The molecule has 0 N–H and O–H groups in total. The number of halogens is 2. The zero-order valence-electron chi connectivity index (χ0n) is 16.3. The second-order valence-electron chi connectivity index (χ2n) is 7.97. The van der Waals surface area contributed by atoms with Gasteiger partial charge < -0.3 is 17.0 Å². The lowest BCUT2D eigenvalue weighted by atomic mass is 9.57. The second-order valence-corrected chi connectivity index (χ2v) is 10.1. The number of fused-ring (bicyclic) bond motifs is 1. The molecule has 3 atom stereocenters. The van der Waals surface area contributed by atoms with Crippen molar-refractivity contribution in [2.45, 2.75) is 30.2 Å². The molecule has 5 heterocycles. The van der Waals surface area contributed by atoms with Crippen LogP contribution in [-0.4, -0.2) is 6.67 Å². The lowest BCUT2D eigenvalue weighted by Crippen LogP contribution is -3.00. The van der Waals surface area contributed by atoms with Gasteiger partial charge in [-0.1, -0.05) is 36.4 Å². The van der Waals surface area contributed by atoms with Gasteiger partial charge in [0.25, 0.3) is 0 Å². The minimum absolute atomic E-state index is 0. The maximum atomic E-state index is 13.0. The number of rotatable bonds is 4. The van der Waals surface area contributed by atoms with Crippen molar-refractivity contribution < 1.29 is 25.9 Å². The highest BCUT2D eigenvalue weighted by atomic mass is 79.9. The number of benzene rings is 1. The molecule has 2 bridgehead atoms. The number of nitrogens with zero attached hydrogens (tertiary/aromatic N) is 1. The average Bonchev–Trinajstić information content (AvgIpc) is 3.47. The van der Waals surface area contributed by atoms with Gasteiger partial charge in [0.15, 0.2) is 17.9 Å². The molecule has 3 aromatic heterocycles. The first-order chi connectivity index (χ1) is 14.3. The number of pyridine rings is 1. The van der Waals surface area contributed by atoms with Crippen molar-refractivity contribution in [3.05, 3.63) is 110 Å². The number of aromatic nitrogens is 1. The van der Waals surface area contributed by atoms with Crippen LogP contribution in [0.4, 0.5) is 4.39 Å². The quantitative estimate of drug-likeness (QED) is 0.381. The van der Waals surface area contributed by atoms with Crippen LogP contribution in [0.1, 0.15) is 49.8 Å². The van der Waals surface area contributed by atoms with Crippen molar-refractivity contribution in [2.75, 3.05) is 6.67 Å². The first kappa shape index (κ1) is 20.1. The SMILES string of the molecule is FCCc1ccc([C@@]2(c3cccs3)C[C@H]3c4ccccc4[C@@H]2c2cccc[n+]23)s1.[Br-]. The third kappa shape index (κ3) is 2.72. The molecule has 0 spiro atoms. The van der Waals surface area contributed by atoms with Crippen LogP contribution in [-0.2, 0) is 11.8 Å². The van der Waals surface area contributed by atoms with Gasteiger partial charge in [0, 0.05) is 45.2 Å². The van der Waals surface area contributed by atoms with E-state index in [-0.39, 0.29) is 35.0 Å². The summed E-state index contributed by atoms with van der Waals surface area (Å²) in [6.07, 6.45) is 3.80. The molecule has 3 aliphatic rings. The minimum Gasteiger partial charge on any atom is -1.00 e. The fourth-order valence-electron chi connectivity index (χ4n) is 5.52. The highest BCUT2D eigenvalue weighted by molar-refractivity contribution is 7.13. The molecule has 0 radical (unpaired) electrons. The van der Waals surface area contributed by atoms with Crippen molar-refractivity contribution in [3.63, 3.8) is 0 Å². The van der Waals surface area contributed by atoms with E-state index in [1.807, 2.05) is 22.7 Å². The van der Waals surface area contributed by atoms with E-state index in [0.29, 0.717) is 12.5 Å². The Bertz CT molecular complexity index is 1140. The van der Waals surface area contributed by atoms with Crippen LogP contribution >= 0.6 is 22.7 Å². The second kappa shape index (κ2) is 7.70. The standard InChI is InChI=1S/C25H21FNS2.BrH/c26-13-12-17-10-11-23(29-17)25(22-9-5-15-28-22)16-21-18-6-1-2-7-19(18)24(25)20-8-3-4-14-27(20)21;/h1-11,14-15,21,24H,12-13,16H2;1H/q+1;/p-1/t21-,24+,25-;/m0./s1. The van der Waals surface area contributed by atoms with Crippen LogP contribution in [0.25, 0.3) is 0 Å². The number of aryl methyl sites for hydroxylation is 1. The lowest BCUT2D eigenvalue weighted by Gasteiger charge is -2.48. The van der Waals surface area contributed by atoms with Crippen molar-refractivity contribution in [1.29, 1.82) is 0 Å². The van der Waals surface area contributed by atoms with E-state index < -0.39 is 0 Å². The molecule has 0 saturated heterocycles. The molecule has 1 aliphatic carbocycles. The van der Waals surface area contributed by atoms with E-state index in [1.165, 1.54) is 26.6 Å². The van der Waals surface area contributed by atoms with Crippen LogP contribution in [0.3, 0.4) is 0 Å². The summed E-state index contributed by atoms with van der Waals surface area (Å²) in [4.78, 5) is 3.95. The van der Waals surface area contributed by atoms with Crippen LogP contribution < -0.4 is 21.5 Å². The van der Waals surface area contributed by atoms with E-state index in [4.69, 9.17) is 0 Å². The molecular weight excluding hydrogens is 477 g/mol. The van der Waals surface area contributed by atoms with Crippen molar-refractivity contribution in [1.82, 2.24) is 0 Å². The summed E-state index contributed by atoms with van der Waals surface area (Å²) in [5.74, 6) is 0.264. The Morgan fingerprint density at radius 2 is 1.77 bits per heavy atom. The van der Waals surface area contributed by atoms with Crippen LogP contribution in [0.2, 0.25) is 0 Å². The maximum Gasteiger partial charge on any atom is 0.190 e. The van der Waals surface area contributed by atoms with Gasteiger partial charge >= 0.3 is 0 Å². The van der Waals surface area contributed by atoms with E-state index in [2.05, 4.69) is 82.9 Å². The Kier molecular flexibility index (Phi) is 5.16. The Morgan fingerprint density at radius 1 is 0.933 bits per heavy atom. The van der Waals surface area contributed by atoms with Crippen molar-refractivity contribution in [3.8, 4) is 0 Å². The number of hydrogen-bond donors (Lipinski definition) is 0. The monoisotopic (exact) mass is 497 g/mol. The largest absolute Gasteiger partial charge is 1.00 e. The third-order valence-electron chi connectivity index (χ3n) is 6.63. The predicted octanol–water partition coefficient (Wildman–Crippen LogP) is 3.04. The molecular formula is C25H21BrFNS2. The predicted molar refractivity (Wildman–Crippen MR) is 117 cm³/mol. The summed E-state index contributed by atoms with van der Waals surface area (Å²) in [5.41, 5.74) is 4.20. The molecule has 0 unspecified atom stereocenters. The topological polar surface area (TPSA) is 3.88 Å². The summed E-state index contributed by atoms with van der Waals surface area (Å²) < 4.78 is 15.5. The van der Waals surface area contributed by atoms with Gasteiger partial charge in [-0.25, -0.2) is 0 Å². The van der Waals surface area contributed by atoms with Gasteiger partial charge in [-0.05, 0) is 29.1 Å². The van der Waals surface area contributed by atoms with Gasteiger partial charge in [-0.3, -0.25) is 4.39 Å². The fraction of sp³-hybridized carbons (Fsp3) is 0.240. The number of alkyl halides is 1. The Balaban J connectivity index is 0.00000193. The van der Waals surface area contributed by atoms with Gasteiger partial charge in [0.05, 0.1) is 18.0 Å². The summed E-state index contributed by atoms with van der Waals surface area (Å²) in [6, 6.07) is 24.8. The summed E-state index contributed by atoms with van der Waals surface area (Å²) in [5, 5.41) is 2.19. The normalized spacial score (nSPS) is 23.5. The van der Waals surface area contributed by atoms with E-state index in [9.17, 15) is 4.39 Å². The molecule has 30 heavy (non-hydrogen) atoms. The molecule has 5 heteroatoms. The number of thiophene rings is 2. The van der Waals surface area contributed by atoms with E-state index in [1.54, 1.807) is 0 Å². The first-order valence-electron chi connectivity index (χ1n) is 10.1. The minimum atomic E-state index is -0.292. The van der Waals surface area contributed by atoms with E-state index in [0.717, 1.165) is 11.3 Å². The van der Waals surface area contributed by atoms with Gasteiger partial charge in [0.1, 0.15) is 0 Å². The highest BCUT2D eigenvalue weighted by Gasteiger charge is 2.60. The van der Waals surface area contributed by atoms with E-state index >= 15 is 0 Å². The zero-order chi connectivity index (χ0) is 19.4. The molecule has 152 valence electrons. The van der Waals surface area contributed by atoms with Crippen molar-refractivity contribution in [2.24, 2.45) is 0 Å². The van der Waals surface area contributed by atoms with Gasteiger partial charge in [-0.2, -0.15) is 4.57 Å². The molecule has 1 nitrogen and oxygen atoms in total. The van der Waals surface area contributed by atoms with Crippen LogP contribution in [0, 0.1) is 0 Å². The molecule has 7 rings (SSSR count). The van der Waals surface area contributed by atoms with Gasteiger partial charge in [-0.15, -0.1) is 22.7 Å². The smallest absolute Gasteiger partial charge is 0.190 e. The number of hydrogen-bond acceptors (Lipinski definition) is 2. The molecule has 1 aromatic carbocycles. The first-order valence-corrected chi connectivity index (χ1v) is 11.8. The van der Waals surface area contributed by atoms with Crippen LogP contribution in [0.15, 0.2) is 78.3 Å². The molecule has 2 aliphatic heterocycles. The average molecular weight is 498 g/mol. The molecule has 4 aromatic rings. The maximum absolute atomic E-state index is 13.0. The highest BCUT2D eigenvalue weighted by Crippen LogP contribution is 2.61. The lowest BCUT2D eigenvalue weighted by molar-refractivity contribution is -0.732. The zero-order valence-corrected chi connectivity index (χ0v) is 19.5. The Hall–Kier alpha value is -1.82. The third-order valence-corrected chi connectivity index (χ3v) is 9.00. The Morgan fingerprint density at radius 3 is 2.57 bits per heavy atom. The molecule has 0 amide bonds. The summed E-state index contributed by atoms with van der Waals surface area (Å²) >= 11 is 3.67. The van der Waals surface area contributed by atoms with Crippen LogP contribution in [0.5, 0.6) is 0 Å². The fourth-order valence-corrected chi connectivity index (χ4v) is 7.79. The summed E-state index contributed by atoms with van der Waals surface area (Å²) in [6.45, 7) is -0.292. The molecule has 0 saturated carbocycles. The van der Waals surface area contributed by atoms with Gasteiger partial charge in [0.2, 0.25) is 0 Å². The summed E-state index contributed by atoms with van der Waals surface area (Å²) in [7, 11) is 0. The van der Waals surface area contributed by atoms with Crippen molar-refractivity contribution >= 4 is 22.7 Å².